The van der Waals surface area contributed by atoms with Crippen molar-refractivity contribution >= 4 is 11.9 Å². The van der Waals surface area contributed by atoms with Gasteiger partial charge in [0.25, 0.3) is 0 Å². The van der Waals surface area contributed by atoms with Crippen LogP contribution in [0.1, 0.15) is 57.8 Å². The SMILES string of the molecule is O=C(O)C1=C(C(=O)O)CCCCCCCCC1. The van der Waals surface area contributed by atoms with Gasteiger partial charge in [-0.1, -0.05) is 32.1 Å². The molecule has 0 atom stereocenters. The van der Waals surface area contributed by atoms with Crippen LogP contribution in [0.4, 0.5) is 0 Å². The summed E-state index contributed by atoms with van der Waals surface area (Å²) in [4.78, 5) is 22.2. The highest BCUT2D eigenvalue weighted by Crippen LogP contribution is 2.22. The highest BCUT2D eigenvalue weighted by molar-refractivity contribution is 5.98. The van der Waals surface area contributed by atoms with Crippen molar-refractivity contribution in [2.24, 2.45) is 0 Å². The van der Waals surface area contributed by atoms with Gasteiger partial charge in [0.1, 0.15) is 0 Å². The van der Waals surface area contributed by atoms with Gasteiger partial charge in [-0.3, -0.25) is 0 Å². The predicted octanol–water partition coefficient (Wildman–Crippen LogP) is 2.98. The molecule has 0 unspecified atom stereocenters. The minimum atomic E-state index is -1.07. The Balaban J connectivity index is 2.86. The van der Waals surface area contributed by atoms with Crippen molar-refractivity contribution in [3.05, 3.63) is 11.1 Å². The summed E-state index contributed by atoms with van der Waals surface area (Å²) in [6.45, 7) is 0. The number of hydrogen-bond acceptors (Lipinski definition) is 2. The van der Waals surface area contributed by atoms with E-state index in [9.17, 15) is 9.59 Å². The van der Waals surface area contributed by atoms with Gasteiger partial charge in [-0.15, -0.1) is 0 Å². The van der Waals surface area contributed by atoms with E-state index in [-0.39, 0.29) is 11.1 Å². The maximum atomic E-state index is 11.1. The molecular formula is C13H20O4. The lowest BCUT2D eigenvalue weighted by molar-refractivity contribution is -0.136. The second kappa shape index (κ2) is 7.09. The van der Waals surface area contributed by atoms with Crippen LogP contribution in [0.25, 0.3) is 0 Å². The number of rotatable bonds is 2. The molecule has 17 heavy (non-hydrogen) atoms. The highest BCUT2D eigenvalue weighted by atomic mass is 16.4. The number of aliphatic carboxylic acids is 2. The van der Waals surface area contributed by atoms with Crippen molar-refractivity contribution in [3.8, 4) is 0 Å². The van der Waals surface area contributed by atoms with E-state index in [2.05, 4.69) is 0 Å². The summed E-state index contributed by atoms with van der Waals surface area (Å²) in [6, 6.07) is 0. The van der Waals surface area contributed by atoms with Gasteiger partial charge in [0.2, 0.25) is 0 Å². The first-order valence-corrected chi connectivity index (χ1v) is 6.31. The first kappa shape index (κ1) is 13.7. The molecule has 96 valence electrons. The predicted molar refractivity (Wildman–Crippen MR) is 63.9 cm³/mol. The topological polar surface area (TPSA) is 74.6 Å². The van der Waals surface area contributed by atoms with Crippen LogP contribution < -0.4 is 0 Å². The lowest BCUT2D eigenvalue weighted by Crippen LogP contribution is -2.11. The van der Waals surface area contributed by atoms with Gasteiger partial charge in [0, 0.05) is 11.1 Å². The third-order valence-corrected chi connectivity index (χ3v) is 3.23. The summed E-state index contributed by atoms with van der Waals surface area (Å²) in [5, 5.41) is 18.2. The van der Waals surface area contributed by atoms with Crippen LogP contribution in [0.3, 0.4) is 0 Å². The molecular weight excluding hydrogens is 220 g/mol. The van der Waals surface area contributed by atoms with Gasteiger partial charge < -0.3 is 10.2 Å². The zero-order valence-electron chi connectivity index (χ0n) is 10.1. The quantitative estimate of drug-likeness (QED) is 0.778. The number of carboxylic acid groups (broad SMARTS) is 2. The Morgan fingerprint density at radius 1 is 0.647 bits per heavy atom. The van der Waals surface area contributed by atoms with Crippen LogP contribution in [0.15, 0.2) is 11.1 Å². The lowest BCUT2D eigenvalue weighted by Gasteiger charge is -2.07. The summed E-state index contributed by atoms with van der Waals surface area (Å²) in [5.41, 5.74) is 0.221. The Kier molecular flexibility index (Phi) is 5.73. The minimum Gasteiger partial charge on any atom is -0.478 e. The lowest BCUT2D eigenvalue weighted by atomic mass is 9.98. The van der Waals surface area contributed by atoms with Gasteiger partial charge >= 0.3 is 11.9 Å². The highest BCUT2D eigenvalue weighted by Gasteiger charge is 2.19. The molecule has 2 N–H and O–H groups in total. The van der Waals surface area contributed by atoms with Crippen LogP contribution in [0.5, 0.6) is 0 Å². The van der Waals surface area contributed by atoms with Gasteiger partial charge in [0.15, 0.2) is 0 Å². The standard InChI is InChI=1S/C13H20O4/c14-12(15)10-8-6-4-2-1-3-5-7-9-11(10)13(16)17/h1-9H2,(H,14,15)(H,16,17). The Morgan fingerprint density at radius 3 is 1.24 bits per heavy atom. The molecule has 0 saturated carbocycles. The molecule has 0 heterocycles. The van der Waals surface area contributed by atoms with Gasteiger partial charge in [-0.05, 0) is 25.7 Å². The van der Waals surface area contributed by atoms with E-state index >= 15 is 0 Å². The maximum absolute atomic E-state index is 11.1. The molecule has 0 aromatic heterocycles. The largest absolute Gasteiger partial charge is 0.478 e. The molecule has 0 aromatic carbocycles. The second-order valence-electron chi connectivity index (χ2n) is 4.54. The van der Waals surface area contributed by atoms with Crippen molar-refractivity contribution < 1.29 is 19.8 Å². The minimum absolute atomic E-state index is 0.111. The maximum Gasteiger partial charge on any atom is 0.332 e. The van der Waals surface area contributed by atoms with Crippen LogP contribution in [-0.2, 0) is 9.59 Å². The normalized spacial score (nSPS) is 19.5. The fourth-order valence-corrected chi connectivity index (χ4v) is 2.26. The average molecular weight is 240 g/mol. The molecule has 0 fully saturated rings. The molecule has 1 aliphatic carbocycles. The van der Waals surface area contributed by atoms with Crippen molar-refractivity contribution in [2.75, 3.05) is 0 Å². The molecule has 0 aliphatic heterocycles. The summed E-state index contributed by atoms with van der Waals surface area (Å²) >= 11 is 0. The fourth-order valence-electron chi connectivity index (χ4n) is 2.26. The van der Waals surface area contributed by atoms with E-state index in [1.54, 1.807) is 0 Å². The molecule has 0 aromatic rings. The van der Waals surface area contributed by atoms with E-state index in [4.69, 9.17) is 10.2 Å². The fraction of sp³-hybridized carbons (Fsp3) is 0.692. The molecule has 4 nitrogen and oxygen atoms in total. The van der Waals surface area contributed by atoms with E-state index in [0.29, 0.717) is 12.8 Å². The summed E-state index contributed by atoms with van der Waals surface area (Å²) in [7, 11) is 0. The number of carboxylic acids is 2. The molecule has 0 bridgehead atoms. The van der Waals surface area contributed by atoms with E-state index in [1.807, 2.05) is 0 Å². The molecule has 0 saturated heterocycles. The Morgan fingerprint density at radius 2 is 0.941 bits per heavy atom. The smallest absolute Gasteiger partial charge is 0.332 e. The van der Waals surface area contributed by atoms with Crippen molar-refractivity contribution in [1.29, 1.82) is 0 Å². The van der Waals surface area contributed by atoms with Crippen molar-refractivity contribution in [2.45, 2.75) is 57.8 Å². The van der Waals surface area contributed by atoms with Gasteiger partial charge in [-0.25, -0.2) is 9.59 Å². The molecule has 0 amide bonds. The molecule has 0 spiro atoms. The van der Waals surface area contributed by atoms with E-state index < -0.39 is 11.9 Å². The number of hydrogen-bond donors (Lipinski definition) is 2. The first-order valence-electron chi connectivity index (χ1n) is 6.31. The third kappa shape index (κ3) is 4.59. The molecule has 0 radical (unpaired) electrons. The van der Waals surface area contributed by atoms with Gasteiger partial charge in [-0.2, -0.15) is 0 Å². The monoisotopic (exact) mass is 240 g/mol. The Labute approximate surface area is 101 Å². The first-order chi connectivity index (χ1) is 8.13. The number of carbonyl (C=O) groups is 2. The second-order valence-corrected chi connectivity index (χ2v) is 4.54. The van der Waals surface area contributed by atoms with Crippen molar-refractivity contribution in [1.82, 2.24) is 0 Å². The molecule has 4 heteroatoms. The van der Waals surface area contributed by atoms with Crippen LogP contribution >= 0.6 is 0 Å². The summed E-state index contributed by atoms with van der Waals surface area (Å²) in [5.74, 6) is -2.14. The molecule has 1 aliphatic rings. The zero-order chi connectivity index (χ0) is 12.7. The van der Waals surface area contributed by atoms with E-state index in [1.165, 1.54) is 6.42 Å². The Hall–Kier alpha value is -1.32. The van der Waals surface area contributed by atoms with Gasteiger partial charge in [0.05, 0.1) is 0 Å². The molecule has 1 rings (SSSR count). The Bertz CT molecular complexity index is 287. The van der Waals surface area contributed by atoms with Crippen LogP contribution in [-0.4, -0.2) is 22.2 Å². The van der Waals surface area contributed by atoms with E-state index in [0.717, 1.165) is 38.5 Å². The van der Waals surface area contributed by atoms with Crippen molar-refractivity contribution in [3.63, 3.8) is 0 Å². The van der Waals surface area contributed by atoms with Crippen LogP contribution in [0, 0.1) is 0 Å². The zero-order valence-corrected chi connectivity index (χ0v) is 10.1. The summed E-state index contributed by atoms with van der Waals surface area (Å²) < 4.78 is 0. The van der Waals surface area contributed by atoms with Crippen LogP contribution in [0.2, 0.25) is 0 Å². The average Bonchev–Trinajstić information content (AvgIpc) is 2.31. The summed E-state index contributed by atoms with van der Waals surface area (Å²) in [6.07, 6.45) is 7.72. The third-order valence-electron chi connectivity index (χ3n) is 3.23.